The van der Waals surface area contributed by atoms with Crippen LogP contribution in [0.4, 0.5) is 14.5 Å². The number of aryl methyl sites for hydroxylation is 1. The summed E-state index contributed by atoms with van der Waals surface area (Å²) >= 11 is 5.70. The number of benzene rings is 1. The molecule has 3 nitrogen and oxygen atoms in total. The van der Waals surface area contributed by atoms with E-state index in [1.165, 1.54) is 12.1 Å². The lowest BCUT2D eigenvalue weighted by atomic mass is 10.1. The summed E-state index contributed by atoms with van der Waals surface area (Å²) in [6.45, 7) is 1.67. The lowest BCUT2D eigenvalue weighted by Crippen LogP contribution is -2.17. The first kappa shape index (κ1) is 14.4. The van der Waals surface area contributed by atoms with Crippen molar-refractivity contribution in [3.05, 3.63) is 58.4 Å². The molecule has 0 aliphatic carbocycles. The van der Waals surface area contributed by atoms with Crippen LogP contribution in [0.3, 0.4) is 0 Å². The van der Waals surface area contributed by atoms with Crippen molar-refractivity contribution < 1.29 is 13.6 Å². The molecule has 104 valence electrons. The Labute approximate surface area is 119 Å². The van der Waals surface area contributed by atoms with Crippen LogP contribution in [0.1, 0.15) is 11.3 Å². The molecule has 0 spiro atoms. The molecule has 0 atom stereocenters. The van der Waals surface area contributed by atoms with Gasteiger partial charge in [-0.2, -0.15) is 0 Å². The van der Waals surface area contributed by atoms with E-state index in [9.17, 15) is 13.6 Å². The number of hydrogen-bond acceptors (Lipinski definition) is 2. The van der Waals surface area contributed by atoms with Gasteiger partial charge in [0.25, 0.3) is 0 Å². The number of pyridine rings is 1. The van der Waals surface area contributed by atoms with Crippen LogP contribution in [0.5, 0.6) is 0 Å². The van der Waals surface area contributed by atoms with E-state index in [4.69, 9.17) is 11.6 Å². The second kappa shape index (κ2) is 5.96. The fourth-order valence-electron chi connectivity index (χ4n) is 1.72. The minimum absolute atomic E-state index is 0.260. The first-order valence-corrected chi connectivity index (χ1v) is 6.21. The molecule has 0 saturated heterocycles. The van der Waals surface area contributed by atoms with E-state index in [0.29, 0.717) is 16.5 Å². The Morgan fingerprint density at radius 3 is 2.50 bits per heavy atom. The molecule has 1 heterocycles. The number of amides is 1. The minimum Gasteiger partial charge on any atom is -0.324 e. The maximum Gasteiger partial charge on any atom is 0.229 e. The van der Waals surface area contributed by atoms with Crippen molar-refractivity contribution >= 4 is 23.2 Å². The van der Waals surface area contributed by atoms with E-state index in [1.807, 2.05) is 0 Å². The van der Waals surface area contributed by atoms with Gasteiger partial charge in [0.05, 0.1) is 17.8 Å². The highest BCUT2D eigenvalue weighted by Crippen LogP contribution is 2.17. The average molecular weight is 297 g/mol. The minimum atomic E-state index is -0.744. The van der Waals surface area contributed by atoms with Crippen LogP contribution >= 0.6 is 11.6 Å². The second-order valence-electron chi connectivity index (χ2n) is 4.19. The predicted molar refractivity (Wildman–Crippen MR) is 72.7 cm³/mol. The third kappa shape index (κ3) is 3.30. The summed E-state index contributed by atoms with van der Waals surface area (Å²) in [6, 6.07) is 6.58. The lowest BCUT2D eigenvalue weighted by Gasteiger charge is -2.09. The van der Waals surface area contributed by atoms with E-state index < -0.39 is 17.5 Å². The summed E-state index contributed by atoms with van der Waals surface area (Å²) < 4.78 is 26.9. The quantitative estimate of drug-likeness (QED) is 0.881. The van der Waals surface area contributed by atoms with Gasteiger partial charge in [0.2, 0.25) is 5.91 Å². The molecule has 0 radical (unpaired) electrons. The second-order valence-corrected chi connectivity index (χ2v) is 4.58. The molecule has 2 rings (SSSR count). The zero-order valence-corrected chi connectivity index (χ0v) is 11.3. The smallest absolute Gasteiger partial charge is 0.229 e. The van der Waals surface area contributed by atoms with Crippen molar-refractivity contribution in [2.75, 3.05) is 5.32 Å². The van der Waals surface area contributed by atoms with Gasteiger partial charge in [0.1, 0.15) is 16.8 Å². The van der Waals surface area contributed by atoms with Gasteiger partial charge in [0, 0.05) is 5.56 Å². The number of carbonyl (C=O) groups is 1. The van der Waals surface area contributed by atoms with E-state index in [0.717, 1.165) is 12.1 Å². The lowest BCUT2D eigenvalue weighted by molar-refractivity contribution is -0.115. The molecule has 1 amide bonds. The first-order valence-electron chi connectivity index (χ1n) is 5.83. The Morgan fingerprint density at radius 2 is 1.90 bits per heavy atom. The molecule has 2 aromatic rings. The van der Waals surface area contributed by atoms with Crippen molar-refractivity contribution in [2.24, 2.45) is 0 Å². The highest BCUT2D eigenvalue weighted by molar-refractivity contribution is 6.29. The van der Waals surface area contributed by atoms with Crippen LogP contribution in [-0.4, -0.2) is 10.9 Å². The normalized spacial score (nSPS) is 10.4. The molecule has 1 aromatic carbocycles. The molecule has 6 heteroatoms. The summed E-state index contributed by atoms with van der Waals surface area (Å²) in [4.78, 5) is 15.8. The molecule has 1 N–H and O–H groups in total. The number of carbonyl (C=O) groups excluding carboxylic acids is 1. The van der Waals surface area contributed by atoms with Crippen LogP contribution in [0.15, 0.2) is 30.3 Å². The molecule has 0 unspecified atom stereocenters. The SMILES string of the molecule is Cc1nc(Cl)ccc1NC(=O)Cc1c(F)cccc1F. The summed E-state index contributed by atoms with van der Waals surface area (Å²) in [7, 11) is 0. The van der Waals surface area contributed by atoms with Crippen molar-refractivity contribution in [1.82, 2.24) is 4.98 Å². The van der Waals surface area contributed by atoms with Gasteiger partial charge in [-0.05, 0) is 31.2 Å². The third-order valence-corrected chi connectivity index (χ3v) is 2.94. The Morgan fingerprint density at radius 1 is 1.25 bits per heavy atom. The van der Waals surface area contributed by atoms with E-state index in [2.05, 4.69) is 10.3 Å². The van der Waals surface area contributed by atoms with Crippen molar-refractivity contribution in [3.63, 3.8) is 0 Å². The van der Waals surface area contributed by atoms with Crippen molar-refractivity contribution in [1.29, 1.82) is 0 Å². The van der Waals surface area contributed by atoms with Gasteiger partial charge < -0.3 is 5.32 Å². The highest BCUT2D eigenvalue weighted by Gasteiger charge is 2.14. The van der Waals surface area contributed by atoms with Gasteiger partial charge in [-0.25, -0.2) is 13.8 Å². The van der Waals surface area contributed by atoms with Gasteiger partial charge in [0.15, 0.2) is 0 Å². The molecular weight excluding hydrogens is 286 g/mol. The van der Waals surface area contributed by atoms with Gasteiger partial charge in [-0.15, -0.1) is 0 Å². The Bertz CT molecular complexity index is 641. The number of halogens is 3. The Balaban J connectivity index is 2.13. The first-order chi connectivity index (χ1) is 9.47. The molecule has 20 heavy (non-hydrogen) atoms. The van der Waals surface area contributed by atoms with Crippen LogP contribution in [0.25, 0.3) is 0 Å². The maximum absolute atomic E-state index is 13.4. The molecule has 0 fully saturated rings. The molecule has 0 bridgehead atoms. The zero-order chi connectivity index (χ0) is 14.7. The van der Waals surface area contributed by atoms with Gasteiger partial charge in [-0.1, -0.05) is 17.7 Å². The summed E-state index contributed by atoms with van der Waals surface area (Å²) in [6.07, 6.45) is -0.388. The monoisotopic (exact) mass is 296 g/mol. The third-order valence-electron chi connectivity index (χ3n) is 2.72. The van der Waals surface area contributed by atoms with E-state index >= 15 is 0 Å². The highest BCUT2D eigenvalue weighted by atomic mass is 35.5. The summed E-state index contributed by atoms with van der Waals surface area (Å²) in [5.74, 6) is -2.02. The molecule has 0 aliphatic heterocycles. The predicted octanol–water partition coefficient (Wildman–Crippen LogP) is 3.50. The van der Waals surface area contributed by atoms with E-state index in [-0.39, 0.29) is 12.0 Å². The maximum atomic E-state index is 13.4. The van der Waals surface area contributed by atoms with Crippen LogP contribution in [-0.2, 0) is 11.2 Å². The number of nitrogens with one attached hydrogen (secondary N) is 1. The molecule has 1 aromatic heterocycles. The number of aromatic nitrogens is 1. The number of nitrogens with zero attached hydrogens (tertiary/aromatic N) is 1. The number of hydrogen-bond donors (Lipinski definition) is 1. The fourth-order valence-corrected chi connectivity index (χ4v) is 1.91. The van der Waals surface area contributed by atoms with Crippen LogP contribution in [0, 0.1) is 18.6 Å². The Kier molecular flexibility index (Phi) is 4.29. The van der Waals surface area contributed by atoms with Crippen molar-refractivity contribution in [3.8, 4) is 0 Å². The summed E-state index contributed by atoms with van der Waals surface area (Å²) in [5, 5.41) is 2.85. The summed E-state index contributed by atoms with van der Waals surface area (Å²) in [5.41, 5.74) is 0.723. The number of anilines is 1. The molecule has 0 saturated carbocycles. The van der Waals surface area contributed by atoms with E-state index in [1.54, 1.807) is 13.0 Å². The fraction of sp³-hybridized carbons (Fsp3) is 0.143. The molecular formula is C14H11ClF2N2O. The zero-order valence-electron chi connectivity index (χ0n) is 10.6. The van der Waals surface area contributed by atoms with Gasteiger partial charge in [-0.3, -0.25) is 4.79 Å². The average Bonchev–Trinajstić information content (AvgIpc) is 2.37. The van der Waals surface area contributed by atoms with Crippen LogP contribution < -0.4 is 5.32 Å². The molecule has 0 aliphatic rings. The number of rotatable bonds is 3. The van der Waals surface area contributed by atoms with Crippen molar-refractivity contribution in [2.45, 2.75) is 13.3 Å². The van der Waals surface area contributed by atoms with Gasteiger partial charge >= 0.3 is 0 Å². The van der Waals surface area contributed by atoms with Crippen LogP contribution in [0.2, 0.25) is 5.15 Å². The largest absolute Gasteiger partial charge is 0.324 e. The topological polar surface area (TPSA) is 42.0 Å². The Hall–Kier alpha value is -2.01. The standard InChI is InChI=1S/C14H11ClF2N2O/c1-8-12(5-6-13(15)18-8)19-14(20)7-9-10(16)3-2-4-11(9)17/h2-6H,7H2,1H3,(H,19,20).